The molecule has 0 spiro atoms. The van der Waals surface area contributed by atoms with E-state index in [1.54, 1.807) is 42.3 Å². The van der Waals surface area contributed by atoms with Gasteiger partial charge in [0.1, 0.15) is 5.75 Å². The van der Waals surface area contributed by atoms with Crippen molar-refractivity contribution < 1.29 is 14.3 Å². The van der Waals surface area contributed by atoms with Gasteiger partial charge in [-0.1, -0.05) is 23.7 Å². The number of hydrogen-bond donors (Lipinski definition) is 1. The van der Waals surface area contributed by atoms with E-state index in [9.17, 15) is 9.59 Å². The van der Waals surface area contributed by atoms with Crippen LogP contribution in [0.5, 0.6) is 5.75 Å². The number of ether oxygens (including phenoxy) is 1. The summed E-state index contributed by atoms with van der Waals surface area (Å²) in [5.74, 6) is -0.112. The Balaban J connectivity index is 1.59. The van der Waals surface area contributed by atoms with E-state index < -0.39 is 5.92 Å². The van der Waals surface area contributed by atoms with Crippen LogP contribution in [-0.4, -0.2) is 31.7 Å². The van der Waals surface area contributed by atoms with Crippen molar-refractivity contribution >= 4 is 35.3 Å². The van der Waals surface area contributed by atoms with Crippen LogP contribution in [0.3, 0.4) is 0 Å². The molecule has 0 saturated carbocycles. The van der Waals surface area contributed by atoms with Gasteiger partial charge in [-0.2, -0.15) is 5.10 Å². The number of carbonyl (C=O) groups is 2. The van der Waals surface area contributed by atoms with E-state index in [-0.39, 0.29) is 18.2 Å². The van der Waals surface area contributed by atoms with E-state index in [1.165, 1.54) is 6.21 Å². The Kier molecular flexibility index (Phi) is 5.53. The van der Waals surface area contributed by atoms with E-state index in [0.717, 1.165) is 11.3 Å². The summed E-state index contributed by atoms with van der Waals surface area (Å²) < 4.78 is 5.14. The number of benzene rings is 2. The molecule has 26 heavy (non-hydrogen) atoms. The summed E-state index contributed by atoms with van der Waals surface area (Å²) >= 11 is 5.87. The van der Waals surface area contributed by atoms with Gasteiger partial charge in [-0.3, -0.25) is 9.59 Å². The highest BCUT2D eigenvalue weighted by Crippen LogP contribution is 2.26. The van der Waals surface area contributed by atoms with Crippen LogP contribution in [0.4, 0.5) is 5.69 Å². The molecule has 0 aliphatic carbocycles. The summed E-state index contributed by atoms with van der Waals surface area (Å²) in [6.45, 7) is 0.320. The van der Waals surface area contributed by atoms with Gasteiger partial charge < -0.3 is 9.64 Å². The number of methoxy groups -OCH3 is 1. The van der Waals surface area contributed by atoms with Gasteiger partial charge in [0.25, 0.3) is 0 Å². The van der Waals surface area contributed by atoms with Gasteiger partial charge >= 0.3 is 0 Å². The number of hydrogen-bond acceptors (Lipinski definition) is 4. The van der Waals surface area contributed by atoms with Crippen molar-refractivity contribution in [3.8, 4) is 5.75 Å². The zero-order valence-corrected chi connectivity index (χ0v) is 14.9. The lowest BCUT2D eigenvalue weighted by molar-refractivity contribution is -0.126. The second-order valence-corrected chi connectivity index (χ2v) is 6.33. The van der Waals surface area contributed by atoms with Crippen molar-refractivity contribution in [2.75, 3.05) is 18.6 Å². The maximum absolute atomic E-state index is 12.3. The number of amides is 2. The van der Waals surface area contributed by atoms with Crippen molar-refractivity contribution in [3.05, 3.63) is 59.1 Å². The van der Waals surface area contributed by atoms with E-state index in [0.29, 0.717) is 17.3 Å². The van der Waals surface area contributed by atoms with Crippen molar-refractivity contribution in [2.45, 2.75) is 6.42 Å². The summed E-state index contributed by atoms with van der Waals surface area (Å²) in [5, 5.41) is 4.57. The summed E-state index contributed by atoms with van der Waals surface area (Å²) in [6, 6.07) is 14.3. The Morgan fingerprint density at radius 1 is 1.31 bits per heavy atom. The third-order valence-corrected chi connectivity index (χ3v) is 4.37. The van der Waals surface area contributed by atoms with Gasteiger partial charge in [-0.15, -0.1) is 0 Å². The van der Waals surface area contributed by atoms with Crippen LogP contribution in [0.25, 0.3) is 0 Å². The van der Waals surface area contributed by atoms with Crippen LogP contribution >= 0.6 is 11.6 Å². The Morgan fingerprint density at radius 2 is 2.08 bits per heavy atom. The molecule has 0 radical (unpaired) electrons. The number of rotatable bonds is 5. The molecule has 0 aromatic heterocycles. The lowest BCUT2D eigenvalue weighted by Gasteiger charge is -2.16. The second kappa shape index (κ2) is 8.01. The van der Waals surface area contributed by atoms with Crippen LogP contribution in [-0.2, 0) is 9.59 Å². The molecule has 6 nitrogen and oxygen atoms in total. The van der Waals surface area contributed by atoms with E-state index in [1.807, 2.05) is 18.2 Å². The molecule has 1 N–H and O–H groups in total. The minimum atomic E-state index is -0.444. The normalized spacial score (nSPS) is 16.9. The zero-order valence-electron chi connectivity index (χ0n) is 14.2. The van der Waals surface area contributed by atoms with Gasteiger partial charge in [0.2, 0.25) is 11.8 Å². The van der Waals surface area contributed by atoms with Gasteiger partial charge in [-0.05, 0) is 42.0 Å². The standard InChI is InChI=1S/C19H18ClN3O3/c1-26-17-4-2-3-13(9-17)11-21-22-19(25)14-10-18(24)23(12-14)16-7-5-15(20)6-8-16/h2-9,11,14H,10,12H2,1H3,(H,22,25)/t14-/m0/s1. The number of anilines is 1. The fourth-order valence-electron chi connectivity index (χ4n) is 2.74. The number of nitrogens with one attached hydrogen (secondary N) is 1. The van der Waals surface area contributed by atoms with Gasteiger partial charge in [0, 0.05) is 23.7 Å². The monoisotopic (exact) mass is 371 g/mol. The third-order valence-electron chi connectivity index (χ3n) is 4.12. The molecule has 0 bridgehead atoms. The maximum Gasteiger partial charge on any atom is 0.245 e. The van der Waals surface area contributed by atoms with Crippen LogP contribution in [0, 0.1) is 5.92 Å². The summed E-state index contributed by atoms with van der Waals surface area (Å²) in [6.07, 6.45) is 1.69. The smallest absolute Gasteiger partial charge is 0.245 e. The number of carbonyl (C=O) groups excluding carboxylic acids is 2. The molecule has 2 aromatic rings. The number of hydrazone groups is 1. The van der Waals surface area contributed by atoms with Crippen molar-refractivity contribution in [1.29, 1.82) is 0 Å². The molecule has 7 heteroatoms. The minimum Gasteiger partial charge on any atom is -0.497 e. The molecule has 0 unspecified atom stereocenters. The molecular weight excluding hydrogens is 354 g/mol. The Bertz CT molecular complexity index is 836. The molecule has 1 saturated heterocycles. The molecule has 1 aliphatic heterocycles. The van der Waals surface area contributed by atoms with Crippen LogP contribution in [0.2, 0.25) is 5.02 Å². The summed E-state index contributed by atoms with van der Waals surface area (Å²) in [5.41, 5.74) is 4.03. The first-order valence-electron chi connectivity index (χ1n) is 8.09. The predicted octanol–water partition coefficient (Wildman–Crippen LogP) is 2.85. The fraction of sp³-hybridized carbons (Fsp3) is 0.211. The first-order valence-corrected chi connectivity index (χ1v) is 8.47. The summed E-state index contributed by atoms with van der Waals surface area (Å²) in [4.78, 5) is 26.1. The molecule has 1 atom stereocenters. The van der Waals surface area contributed by atoms with Gasteiger partial charge in [-0.25, -0.2) is 5.43 Å². The van der Waals surface area contributed by atoms with E-state index in [2.05, 4.69) is 10.5 Å². The minimum absolute atomic E-state index is 0.0933. The first-order chi connectivity index (χ1) is 12.6. The van der Waals surface area contributed by atoms with Crippen molar-refractivity contribution in [2.24, 2.45) is 11.0 Å². The SMILES string of the molecule is COc1cccc(C=NNC(=O)[C@H]2CC(=O)N(c3ccc(Cl)cc3)C2)c1. The molecule has 134 valence electrons. The average Bonchev–Trinajstić information content (AvgIpc) is 3.04. The fourth-order valence-corrected chi connectivity index (χ4v) is 2.86. The number of nitrogens with zero attached hydrogens (tertiary/aromatic N) is 2. The largest absolute Gasteiger partial charge is 0.497 e. The quantitative estimate of drug-likeness (QED) is 0.649. The van der Waals surface area contributed by atoms with Crippen LogP contribution < -0.4 is 15.1 Å². The lowest BCUT2D eigenvalue weighted by Crippen LogP contribution is -2.30. The lowest BCUT2D eigenvalue weighted by atomic mass is 10.1. The highest BCUT2D eigenvalue weighted by molar-refractivity contribution is 6.30. The zero-order chi connectivity index (χ0) is 18.5. The molecule has 1 fully saturated rings. The molecule has 1 aliphatic rings. The average molecular weight is 372 g/mol. The van der Waals surface area contributed by atoms with Crippen LogP contribution in [0.15, 0.2) is 53.6 Å². The molecule has 2 aromatic carbocycles. The Labute approximate surface area is 156 Å². The number of halogens is 1. The highest BCUT2D eigenvalue weighted by atomic mass is 35.5. The highest BCUT2D eigenvalue weighted by Gasteiger charge is 2.35. The first kappa shape index (κ1) is 17.9. The molecular formula is C19H18ClN3O3. The maximum atomic E-state index is 12.3. The molecule has 3 rings (SSSR count). The Morgan fingerprint density at radius 3 is 2.81 bits per heavy atom. The molecule has 1 heterocycles. The molecule has 2 amide bonds. The predicted molar refractivity (Wildman–Crippen MR) is 101 cm³/mol. The van der Waals surface area contributed by atoms with Crippen molar-refractivity contribution in [3.63, 3.8) is 0 Å². The van der Waals surface area contributed by atoms with E-state index >= 15 is 0 Å². The topological polar surface area (TPSA) is 71.0 Å². The van der Waals surface area contributed by atoms with Gasteiger partial charge in [0.15, 0.2) is 0 Å². The third kappa shape index (κ3) is 4.21. The second-order valence-electron chi connectivity index (χ2n) is 5.89. The van der Waals surface area contributed by atoms with Crippen LogP contribution in [0.1, 0.15) is 12.0 Å². The van der Waals surface area contributed by atoms with Crippen molar-refractivity contribution in [1.82, 2.24) is 5.43 Å². The van der Waals surface area contributed by atoms with E-state index in [4.69, 9.17) is 16.3 Å². The summed E-state index contributed by atoms with van der Waals surface area (Å²) in [7, 11) is 1.58. The van der Waals surface area contributed by atoms with Gasteiger partial charge in [0.05, 0.1) is 19.2 Å². The Hall–Kier alpha value is -2.86.